The molecule has 0 radical (unpaired) electrons. The molecule has 0 aromatic carbocycles. The minimum Gasteiger partial charge on any atom is -0.462 e. The van der Waals surface area contributed by atoms with Gasteiger partial charge in [0.25, 0.3) is 0 Å². The third-order valence-corrected chi connectivity index (χ3v) is 1.11. The summed E-state index contributed by atoms with van der Waals surface area (Å²) in [6, 6.07) is 0. The number of carbonyl (C=O) groups is 1. The molecule has 0 aliphatic heterocycles. The zero-order valence-electron chi connectivity index (χ0n) is 6.56. The van der Waals surface area contributed by atoms with Crippen molar-refractivity contribution in [3.8, 4) is 0 Å². The highest BCUT2D eigenvalue weighted by molar-refractivity contribution is 5.88. The Labute approximate surface area is 69.9 Å². The number of hydrogen-bond donors (Lipinski definition) is 3. The summed E-state index contributed by atoms with van der Waals surface area (Å²) >= 11 is 0. The number of aliphatic hydroxyl groups is 3. The largest absolute Gasteiger partial charge is 0.462 e. The Kier molecular flexibility index (Phi) is 5.27. The van der Waals surface area contributed by atoms with E-state index in [2.05, 4.69) is 11.3 Å². The fourth-order valence-electron chi connectivity index (χ4n) is 0.428. The second-order valence-corrected chi connectivity index (χ2v) is 2.11. The molecule has 0 spiro atoms. The number of aliphatic hydroxyl groups excluding tert-OH is 2. The fourth-order valence-corrected chi connectivity index (χ4v) is 0.428. The maximum atomic E-state index is 10.7. The molecule has 0 aromatic rings. The normalized spacial score (nSPS) is 10.0. The minimum atomic E-state index is -1.88. The third-order valence-electron chi connectivity index (χ3n) is 1.11. The fraction of sp³-hybridized carbons (Fsp3) is 0.571. The summed E-state index contributed by atoms with van der Waals surface area (Å²) in [6.07, 6.45) is -1.56. The van der Waals surface area contributed by atoms with Crippen LogP contribution in [0.5, 0.6) is 0 Å². The minimum absolute atomic E-state index is 0.0427. The molecule has 5 nitrogen and oxygen atoms in total. The standard InChI is InChI=1S/C7H12O5/c1-5(6(9)10)7(11)12-4-2-3-8/h6,8-10H,1-4H2. The predicted molar refractivity (Wildman–Crippen MR) is 40.0 cm³/mol. The highest BCUT2D eigenvalue weighted by Gasteiger charge is 2.14. The molecule has 0 aliphatic rings. The molecule has 0 aliphatic carbocycles. The van der Waals surface area contributed by atoms with Gasteiger partial charge >= 0.3 is 5.97 Å². The van der Waals surface area contributed by atoms with Crippen LogP contribution in [0.25, 0.3) is 0 Å². The summed E-state index contributed by atoms with van der Waals surface area (Å²) < 4.78 is 4.49. The van der Waals surface area contributed by atoms with Gasteiger partial charge in [-0.05, 0) is 0 Å². The lowest BCUT2D eigenvalue weighted by atomic mass is 10.3. The summed E-state index contributed by atoms with van der Waals surface area (Å²) in [5.41, 5.74) is -0.409. The van der Waals surface area contributed by atoms with Crippen LogP contribution in [0.4, 0.5) is 0 Å². The summed E-state index contributed by atoms with van der Waals surface area (Å²) in [5.74, 6) is -0.863. The van der Waals surface area contributed by atoms with Crippen molar-refractivity contribution in [1.82, 2.24) is 0 Å². The SMILES string of the molecule is C=C(C(=O)OCCCO)C(O)O. The van der Waals surface area contributed by atoms with Crippen molar-refractivity contribution in [3.63, 3.8) is 0 Å². The molecule has 0 atom stereocenters. The molecule has 3 N–H and O–H groups in total. The van der Waals surface area contributed by atoms with E-state index in [1.165, 1.54) is 0 Å². The molecule has 70 valence electrons. The van der Waals surface area contributed by atoms with Gasteiger partial charge in [-0.2, -0.15) is 0 Å². The Bertz CT molecular complexity index is 163. The molecule has 0 amide bonds. The topological polar surface area (TPSA) is 87.0 Å². The highest BCUT2D eigenvalue weighted by atomic mass is 16.5. The Hall–Kier alpha value is -0.910. The molecule has 12 heavy (non-hydrogen) atoms. The molecule has 0 bridgehead atoms. The molecule has 0 saturated heterocycles. The first-order valence-corrected chi connectivity index (χ1v) is 3.42. The van der Waals surface area contributed by atoms with Crippen molar-refractivity contribution in [1.29, 1.82) is 0 Å². The monoisotopic (exact) mass is 176 g/mol. The average Bonchev–Trinajstić information content (AvgIpc) is 2.03. The number of hydrogen-bond acceptors (Lipinski definition) is 5. The molecule has 0 aromatic heterocycles. The number of carbonyl (C=O) groups excluding carboxylic acids is 1. The van der Waals surface area contributed by atoms with Crippen LogP contribution in [0.2, 0.25) is 0 Å². The Balaban J connectivity index is 3.65. The second kappa shape index (κ2) is 5.70. The number of ether oxygens (including phenoxy) is 1. The van der Waals surface area contributed by atoms with Gasteiger partial charge in [-0.3, -0.25) is 0 Å². The van der Waals surface area contributed by atoms with Gasteiger partial charge in [0, 0.05) is 13.0 Å². The Morgan fingerprint density at radius 2 is 2.08 bits per heavy atom. The van der Waals surface area contributed by atoms with Crippen molar-refractivity contribution in [2.75, 3.05) is 13.2 Å². The lowest BCUT2D eigenvalue weighted by Gasteiger charge is -2.06. The zero-order valence-corrected chi connectivity index (χ0v) is 6.56. The van der Waals surface area contributed by atoms with Crippen molar-refractivity contribution in [3.05, 3.63) is 12.2 Å². The highest BCUT2D eigenvalue weighted by Crippen LogP contribution is 1.99. The first kappa shape index (κ1) is 11.1. The first-order valence-electron chi connectivity index (χ1n) is 3.42. The van der Waals surface area contributed by atoms with Crippen LogP contribution in [0, 0.1) is 0 Å². The molecule has 0 heterocycles. The summed E-state index contributed by atoms with van der Waals surface area (Å²) in [5, 5.41) is 25.2. The molecule has 0 unspecified atom stereocenters. The lowest BCUT2D eigenvalue weighted by Crippen LogP contribution is -2.19. The van der Waals surface area contributed by atoms with Gasteiger partial charge in [-0.15, -0.1) is 0 Å². The smallest absolute Gasteiger partial charge is 0.338 e. The number of rotatable bonds is 5. The van der Waals surface area contributed by atoms with Crippen molar-refractivity contribution in [2.45, 2.75) is 12.7 Å². The second-order valence-electron chi connectivity index (χ2n) is 2.11. The lowest BCUT2D eigenvalue weighted by molar-refractivity contribution is -0.143. The molecular formula is C7H12O5. The Morgan fingerprint density at radius 3 is 2.50 bits per heavy atom. The van der Waals surface area contributed by atoms with Gasteiger partial charge in [-0.1, -0.05) is 6.58 Å². The van der Waals surface area contributed by atoms with Crippen LogP contribution >= 0.6 is 0 Å². The Morgan fingerprint density at radius 1 is 1.50 bits per heavy atom. The third kappa shape index (κ3) is 4.07. The van der Waals surface area contributed by atoms with Crippen molar-refractivity contribution >= 4 is 5.97 Å². The van der Waals surface area contributed by atoms with E-state index in [-0.39, 0.29) is 13.2 Å². The van der Waals surface area contributed by atoms with Gasteiger partial charge in [-0.25, -0.2) is 4.79 Å². The average molecular weight is 176 g/mol. The van der Waals surface area contributed by atoms with Crippen LogP contribution in [0.15, 0.2) is 12.2 Å². The van der Waals surface area contributed by atoms with Crippen LogP contribution in [0.1, 0.15) is 6.42 Å². The summed E-state index contributed by atoms with van der Waals surface area (Å²) in [7, 11) is 0. The van der Waals surface area contributed by atoms with Crippen molar-refractivity contribution in [2.24, 2.45) is 0 Å². The van der Waals surface area contributed by atoms with E-state index >= 15 is 0 Å². The van der Waals surface area contributed by atoms with E-state index in [4.69, 9.17) is 15.3 Å². The summed E-state index contributed by atoms with van der Waals surface area (Å²) in [4.78, 5) is 10.7. The van der Waals surface area contributed by atoms with Gasteiger partial charge in [0.1, 0.15) is 0 Å². The van der Waals surface area contributed by atoms with E-state index in [0.717, 1.165) is 0 Å². The molecule has 0 saturated carbocycles. The molecular weight excluding hydrogens is 164 g/mol. The molecule has 0 rings (SSSR count). The van der Waals surface area contributed by atoms with Crippen LogP contribution in [-0.2, 0) is 9.53 Å². The maximum Gasteiger partial charge on any atom is 0.338 e. The van der Waals surface area contributed by atoms with E-state index in [0.29, 0.717) is 6.42 Å². The van der Waals surface area contributed by atoms with Gasteiger partial charge in [0.15, 0.2) is 6.29 Å². The molecule has 5 heteroatoms. The van der Waals surface area contributed by atoms with E-state index in [1.54, 1.807) is 0 Å². The predicted octanol–water partition coefficient (Wildman–Crippen LogP) is -1.22. The molecule has 0 fully saturated rings. The van der Waals surface area contributed by atoms with Gasteiger partial charge in [0.2, 0.25) is 0 Å². The first-order chi connectivity index (χ1) is 5.59. The van der Waals surface area contributed by atoms with Gasteiger partial charge < -0.3 is 20.1 Å². The summed E-state index contributed by atoms with van der Waals surface area (Å²) in [6.45, 7) is 3.06. The van der Waals surface area contributed by atoms with Crippen LogP contribution in [-0.4, -0.2) is 40.8 Å². The van der Waals surface area contributed by atoms with Crippen molar-refractivity contribution < 1.29 is 24.9 Å². The van der Waals surface area contributed by atoms with Gasteiger partial charge in [0.05, 0.1) is 12.2 Å². The quantitative estimate of drug-likeness (QED) is 0.211. The maximum absolute atomic E-state index is 10.7. The van der Waals surface area contributed by atoms with E-state index in [1.807, 2.05) is 0 Å². The number of esters is 1. The van der Waals surface area contributed by atoms with E-state index < -0.39 is 17.8 Å². The zero-order chi connectivity index (χ0) is 9.56. The van der Waals surface area contributed by atoms with Crippen LogP contribution in [0.3, 0.4) is 0 Å². The van der Waals surface area contributed by atoms with E-state index in [9.17, 15) is 4.79 Å². The van der Waals surface area contributed by atoms with Crippen LogP contribution < -0.4 is 0 Å².